The molecule has 0 spiro atoms. The number of anilines is 1. The number of carbonyl (C=O) groups is 1. The Bertz CT molecular complexity index is 613. The molecule has 0 amide bonds. The molecule has 1 fully saturated rings. The first-order valence-electron chi connectivity index (χ1n) is 7.50. The Hall–Kier alpha value is -2.23. The van der Waals surface area contributed by atoms with E-state index < -0.39 is 0 Å². The Morgan fingerprint density at radius 1 is 1.24 bits per heavy atom. The van der Waals surface area contributed by atoms with Crippen LogP contribution in [0.3, 0.4) is 0 Å². The molecule has 110 valence electrons. The van der Waals surface area contributed by atoms with Crippen LogP contribution in [0.5, 0.6) is 0 Å². The summed E-state index contributed by atoms with van der Waals surface area (Å²) in [7, 11) is 0. The molecule has 4 nitrogen and oxygen atoms in total. The largest absolute Gasteiger partial charge is 0.462 e. The summed E-state index contributed by atoms with van der Waals surface area (Å²) in [4.78, 5) is 17.8. The number of rotatable bonds is 4. The van der Waals surface area contributed by atoms with Gasteiger partial charge in [-0.3, -0.25) is 0 Å². The van der Waals surface area contributed by atoms with Crippen LogP contribution in [0.1, 0.15) is 30.1 Å². The van der Waals surface area contributed by atoms with Gasteiger partial charge in [0.15, 0.2) is 0 Å². The van der Waals surface area contributed by atoms with Gasteiger partial charge in [0.1, 0.15) is 11.4 Å². The lowest BCUT2D eigenvalue weighted by molar-refractivity contribution is 0.0527. The first-order valence-corrected chi connectivity index (χ1v) is 7.50. The lowest BCUT2D eigenvalue weighted by Crippen LogP contribution is -2.21. The third-order valence-corrected chi connectivity index (χ3v) is 3.80. The van der Waals surface area contributed by atoms with Crippen molar-refractivity contribution < 1.29 is 9.53 Å². The molecule has 1 aromatic carbocycles. The fraction of sp³-hybridized carbons (Fsp3) is 0.353. The van der Waals surface area contributed by atoms with Gasteiger partial charge in [0.2, 0.25) is 0 Å². The number of H-pyrrole nitrogens is 1. The van der Waals surface area contributed by atoms with Crippen LogP contribution in [0.4, 0.5) is 5.82 Å². The Morgan fingerprint density at radius 2 is 1.95 bits per heavy atom. The Labute approximate surface area is 124 Å². The lowest BCUT2D eigenvalue weighted by atomic mass is 10.1. The van der Waals surface area contributed by atoms with Crippen molar-refractivity contribution in [3.8, 4) is 11.3 Å². The van der Waals surface area contributed by atoms with Gasteiger partial charge in [-0.25, -0.2) is 4.79 Å². The minimum atomic E-state index is -0.252. The molecular weight excluding hydrogens is 264 g/mol. The van der Waals surface area contributed by atoms with Gasteiger partial charge in [0, 0.05) is 18.8 Å². The first kappa shape index (κ1) is 13.7. The quantitative estimate of drug-likeness (QED) is 0.875. The standard InChI is InChI=1S/C17H20N2O2/c1-2-21-17(20)14-12-15(13-8-4-3-5-9-13)18-16(14)19-10-6-7-11-19/h3-5,8-9,12,18H,2,6-7,10-11H2,1H3. The number of hydrogen-bond acceptors (Lipinski definition) is 3. The summed E-state index contributed by atoms with van der Waals surface area (Å²) in [6.45, 7) is 4.20. The van der Waals surface area contributed by atoms with E-state index in [1.807, 2.05) is 43.3 Å². The molecule has 3 rings (SSSR count). The van der Waals surface area contributed by atoms with Gasteiger partial charge in [0.25, 0.3) is 0 Å². The second-order valence-corrected chi connectivity index (χ2v) is 5.23. The summed E-state index contributed by atoms with van der Waals surface area (Å²) in [6, 6.07) is 12.0. The highest BCUT2D eigenvalue weighted by Gasteiger charge is 2.23. The third kappa shape index (κ3) is 2.79. The molecule has 4 heteroatoms. The van der Waals surface area contributed by atoms with Crippen LogP contribution in [0.2, 0.25) is 0 Å². The van der Waals surface area contributed by atoms with E-state index in [-0.39, 0.29) is 5.97 Å². The molecule has 2 heterocycles. The molecule has 1 aliphatic rings. The van der Waals surface area contributed by atoms with Crippen LogP contribution in [0.25, 0.3) is 11.3 Å². The molecule has 0 bridgehead atoms. The van der Waals surface area contributed by atoms with Gasteiger partial charge in [-0.05, 0) is 31.4 Å². The number of nitrogens with zero attached hydrogens (tertiary/aromatic N) is 1. The number of carbonyl (C=O) groups excluding carboxylic acids is 1. The molecule has 1 aliphatic heterocycles. The number of hydrogen-bond donors (Lipinski definition) is 1. The summed E-state index contributed by atoms with van der Waals surface area (Å²) in [5.74, 6) is 0.641. The topological polar surface area (TPSA) is 45.3 Å². The SMILES string of the molecule is CCOC(=O)c1cc(-c2ccccc2)[nH]c1N1CCCC1. The van der Waals surface area contributed by atoms with Gasteiger partial charge in [-0.1, -0.05) is 30.3 Å². The molecule has 2 aromatic rings. The highest BCUT2D eigenvalue weighted by Crippen LogP contribution is 2.30. The van der Waals surface area contributed by atoms with Crippen molar-refractivity contribution in [3.63, 3.8) is 0 Å². The van der Waals surface area contributed by atoms with Gasteiger partial charge in [-0.2, -0.15) is 0 Å². The molecule has 1 aromatic heterocycles. The third-order valence-electron chi connectivity index (χ3n) is 3.80. The molecule has 0 radical (unpaired) electrons. The summed E-state index contributed by atoms with van der Waals surface area (Å²) in [5, 5.41) is 0. The second-order valence-electron chi connectivity index (χ2n) is 5.23. The maximum atomic E-state index is 12.2. The van der Waals surface area contributed by atoms with Crippen LogP contribution < -0.4 is 4.90 Å². The summed E-state index contributed by atoms with van der Waals surface area (Å²) in [5.41, 5.74) is 2.67. The van der Waals surface area contributed by atoms with E-state index in [2.05, 4.69) is 9.88 Å². The first-order chi connectivity index (χ1) is 10.3. The average molecular weight is 284 g/mol. The van der Waals surface area contributed by atoms with E-state index in [1.165, 1.54) is 12.8 Å². The fourth-order valence-corrected chi connectivity index (χ4v) is 2.77. The number of benzene rings is 1. The molecule has 0 atom stereocenters. The van der Waals surface area contributed by atoms with E-state index in [9.17, 15) is 4.79 Å². The zero-order valence-electron chi connectivity index (χ0n) is 12.3. The highest BCUT2D eigenvalue weighted by molar-refractivity contribution is 5.97. The number of ether oxygens (including phenoxy) is 1. The van der Waals surface area contributed by atoms with Gasteiger partial charge in [0.05, 0.1) is 6.61 Å². The molecule has 21 heavy (non-hydrogen) atoms. The molecule has 1 N–H and O–H groups in total. The lowest BCUT2D eigenvalue weighted by Gasteiger charge is -2.17. The molecule has 0 unspecified atom stereocenters. The van der Waals surface area contributed by atoms with Crippen LogP contribution in [0, 0.1) is 0 Å². The normalized spacial score (nSPS) is 14.4. The van der Waals surface area contributed by atoms with Crippen LogP contribution in [0.15, 0.2) is 36.4 Å². The maximum absolute atomic E-state index is 12.2. The average Bonchev–Trinajstić information content (AvgIpc) is 3.17. The van der Waals surface area contributed by atoms with Crippen molar-refractivity contribution in [2.75, 3.05) is 24.6 Å². The Morgan fingerprint density at radius 3 is 2.62 bits per heavy atom. The predicted molar refractivity (Wildman–Crippen MR) is 83.6 cm³/mol. The van der Waals surface area contributed by atoms with Crippen molar-refractivity contribution in [2.45, 2.75) is 19.8 Å². The second kappa shape index (κ2) is 6.04. The van der Waals surface area contributed by atoms with E-state index in [1.54, 1.807) is 0 Å². The number of esters is 1. The zero-order chi connectivity index (χ0) is 14.7. The van der Waals surface area contributed by atoms with Gasteiger partial charge >= 0.3 is 5.97 Å². The van der Waals surface area contributed by atoms with Crippen LogP contribution in [-0.4, -0.2) is 30.6 Å². The van der Waals surface area contributed by atoms with E-state index in [4.69, 9.17) is 4.74 Å². The maximum Gasteiger partial charge on any atom is 0.341 e. The van der Waals surface area contributed by atoms with Crippen molar-refractivity contribution in [3.05, 3.63) is 42.0 Å². The molecule has 1 saturated heterocycles. The van der Waals surface area contributed by atoms with Gasteiger partial charge in [-0.15, -0.1) is 0 Å². The minimum Gasteiger partial charge on any atom is -0.462 e. The van der Waals surface area contributed by atoms with Crippen LogP contribution in [-0.2, 0) is 4.74 Å². The predicted octanol–water partition coefficient (Wildman–Crippen LogP) is 3.46. The summed E-state index contributed by atoms with van der Waals surface area (Å²) < 4.78 is 5.19. The van der Waals surface area contributed by atoms with Crippen molar-refractivity contribution in [2.24, 2.45) is 0 Å². The van der Waals surface area contributed by atoms with E-state index >= 15 is 0 Å². The van der Waals surface area contributed by atoms with Crippen LogP contribution >= 0.6 is 0 Å². The van der Waals surface area contributed by atoms with Crippen molar-refractivity contribution in [1.82, 2.24) is 4.98 Å². The molecule has 0 aliphatic carbocycles. The Balaban J connectivity index is 2.00. The minimum absolute atomic E-state index is 0.252. The molecule has 0 saturated carbocycles. The smallest absolute Gasteiger partial charge is 0.341 e. The van der Waals surface area contributed by atoms with Crippen molar-refractivity contribution in [1.29, 1.82) is 0 Å². The fourth-order valence-electron chi connectivity index (χ4n) is 2.77. The van der Waals surface area contributed by atoms with Crippen molar-refractivity contribution >= 4 is 11.8 Å². The monoisotopic (exact) mass is 284 g/mol. The highest BCUT2D eigenvalue weighted by atomic mass is 16.5. The summed E-state index contributed by atoms with van der Waals surface area (Å²) >= 11 is 0. The number of aromatic nitrogens is 1. The zero-order valence-corrected chi connectivity index (χ0v) is 12.3. The van der Waals surface area contributed by atoms with E-state index in [0.717, 1.165) is 30.2 Å². The molecular formula is C17H20N2O2. The number of aromatic amines is 1. The Kier molecular flexibility index (Phi) is 3.95. The van der Waals surface area contributed by atoms with Gasteiger partial charge < -0.3 is 14.6 Å². The van der Waals surface area contributed by atoms with E-state index in [0.29, 0.717) is 12.2 Å². The number of nitrogens with one attached hydrogen (secondary N) is 1. The summed E-state index contributed by atoms with van der Waals surface area (Å²) in [6.07, 6.45) is 2.34.